The van der Waals surface area contributed by atoms with Gasteiger partial charge in [-0.05, 0) is 34.7 Å². The molecule has 0 radical (unpaired) electrons. The number of hydrogen-bond donors (Lipinski definition) is 2. The molecule has 0 bridgehead atoms. The van der Waals surface area contributed by atoms with Crippen molar-refractivity contribution in [2.24, 2.45) is 12.5 Å². The average Bonchev–Trinajstić information content (AvgIpc) is 3.44. The smallest absolute Gasteiger partial charge is 0.304 e. The highest BCUT2D eigenvalue weighted by atomic mass is 16.4. The Morgan fingerprint density at radius 1 is 1.06 bits per heavy atom. The summed E-state index contributed by atoms with van der Waals surface area (Å²) in [6, 6.07) is 17.8. The summed E-state index contributed by atoms with van der Waals surface area (Å²) in [7, 11) is 1.67. The largest absolute Gasteiger partial charge is 0.481 e. The van der Waals surface area contributed by atoms with Gasteiger partial charge < -0.3 is 10.4 Å². The quantitative estimate of drug-likeness (QED) is 0.564. The van der Waals surface area contributed by atoms with Gasteiger partial charge in [0.15, 0.2) is 5.82 Å². The van der Waals surface area contributed by atoms with Gasteiger partial charge in [-0.2, -0.15) is 4.80 Å². The van der Waals surface area contributed by atoms with Crippen molar-refractivity contribution in [2.45, 2.75) is 44.6 Å². The van der Waals surface area contributed by atoms with Gasteiger partial charge in [0.25, 0.3) is 0 Å². The van der Waals surface area contributed by atoms with E-state index in [1.165, 1.54) is 4.80 Å². The third kappa shape index (κ3) is 4.85. The molecule has 1 aliphatic carbocycles. The molecule has 1 amide bonds. The molecule has 1 unspecified atom stereocenters. The summed E-state index contributed by atoms with van der Waals surface area (Å²) in [6.45, 7) is 0. The first-order chi connectivity index (χ1) is 15.4. The van der Waals surface area contributed by atoms with Gasteiger partial charge in [0.2, 0.25) is 5.91 Å². The molecule has 1 aliphatic rings. The molecule has 1 heterocycles. The van der Waals surface area contributed by atoms with Crippen LogP contribution in [-0.2, 0) is 23.1 Å². The van der Waals surface area contributed by atoms with E-state index >= 15 is 0 Å². The van der Waals surface area contributed by atoms with Crippen molar-refractivity contribution in [3.8, 4) is 11.1 Å². The molecule has 0 spiro atoms. The highest BCUT2D eigenvalue weighted by Crippen LogP contribution is 2.42. The number of aryl methyl sites for hydroxylation is 1. The van der Waals surface area contributed by atoms with Gasteiger partial charge in [-0.1, -0.05) is 67.4 Å². The van der Waals surface area contributed by atoms with Crippen LogP contribution in [0, 0.1) is 5.41 Å². The maximum Gasteiger partial charge on any atom is 0.304 e. The number of nitrogens with zero attached hydrogens (tertiary/aromatic N) is 4. The lowest BCUT2D eigenvalue weighted by atomic mass is 9.81. The van der Waals surface area contributed by atoms with E-state index in [9.17, 15) is 14.7 Å². The minimum absolute atomic E-state index is 0.161. The van der Waals surface area contributed by atoms with Gasteiger partial charge in [-0.3, -0.25) is 9.59 Å². The van der Waals surface area contributed by atoms with Crippen LogP contribution in [0.3, 0.4) is 0 Å². The van der Waals surface area contributed by atoms with E-state index < -0.39 is 17.4 Å². The molecule has 0 saturated heterocycles. The van der Waals surface area contributed by atoms with E-state index in [-0.39, 0.29) is 12.3 Å². The lowest BCUT2D eigenvalue weighted by Gasteiger charge is -2.28. The molecule has 166 valence electrons. The molecule has 8 nitrogen and oxygen atoms in total. The first-order valence-corrected chi connectivity index (χ1v) is 10.9. The number of rotatable bonds is 8. The maximum atomic E-state index is 13.3. The van der Waals surface area contributed by atoms with Crippen LogP contribution in [0.2, 0.25) is 0 Å². The molecular weight excluding hydrogens is 406 g/mol. The number of aromatic nitrogens is 4. The van der Waals surface area contributed by atoms with E-state index in [2.05, 4.69) is 45.0 Å². The zero-order valence-electron chi connectivity index (χ0n) is 18.1. The predicted octanol–water partition coefficient (Wildman–Crippen LogP) is 3.31. The fraction of sp³-hybridized carbons (Fsp3) is 0.375. The molecule has 1 aromatic heterocycles. The summed E-state index contributed by atoms with van der Waals surface area (Å²) in [5.41, 5.74) is 2.39. The molecular formula is C24H27N5O3. The Balaban J connectivity index is 1.55. The fourth-order valence-electron chi connectivity index (χ4n) is 4.48. The number of hydrogen-bond acceptors (Lipinski definition) is 5. The van der Waals surface area contributed by atoms with E-state index in [1.807, 2.05) is 30.3 Å². The first-order valence-electron chi connectivity index (χ1n) is 10.9. The van der Waals surface area contributed by atoms with Crippen LogP contribution in [0.25, 0.3) is 11.1 Å². The van der Waals surface area contributed by atoms with Crippen molar-refractivity contribution in [3.63, 3.8) is 0 Å². The Hall–Kier alpha value is -3.55. The van der Waals surface area contributed by atoms with E-state index in [0.717, 1.165) is 29.5 Å². The van der Waals surface area contributed by atoms with Crippen LogP contribution in [-0.4, -0.2) is 37.2 Å². The van der Waals surface area contributed by atoms with Crippen LogP contribution >= 0.6 is 0 Å². The number of nitrogens with one attached hydrogen (secondary N) is 1. The van der Waals surface area contributed by atoms with Gasteiger partial charge in [-0.15, -0.1) is 10.2 Å². The van der Waals surface area contributed by atoms with Crippen molar-refractivity contribution in [3.05, 3.63) is 66.0 Å². The monoisotopic (exact) mass is 433 g/mol. The Kier molecular flexibility index (Phi) is 6.30. The van der Waals surface area contributed by atoms with E-state index in [4.69, 9.17) is 0 Å². The number of carbonyl (C=O) groups is 2. The molecule has 32 heavy (non-hydrogen) atoms. The van der Waals surface area contributed by atoms with Crippen molar-refractivity contribution < 1.29 is 14.7 Å². The second-order valence-corrected chi connectivity index (χ2v) is 8.49. The van der Waals surface area contributed by atoms with Gasteiger partial charge in [-0.25, -0.2) is 0 Å². The highest BCUT2D eigenvalue weighted by Gasteiger charge is 2.44. The summed E-state index contributed by atoms with van der Waals surface area (Å²) < 4.78 is 0. The van der Waals surface area contributed by atoms with Gasteiger partial charge in [0, 0.05) is 6.42 Å². The number of carboxylic acid groups (broad SMARTS) is 1. The third-order valence-electron chi connectivity index (χ3n) is 6.17. The zero-order valence-corrected chi connectivity index (χ0v) is 18.1. The van der Waals surface area contributed by atoms with E-state index in [1.54, 1.807) is 7.05 Å². The van der Waals surface area contributed by atoms with Gasteiger partial charge in [0.1, 0.15) is 0 Å². The van der Waals surface area contributed by atoms with Crippen LogP contribution in [0.5, 0.6) is 0 Å². The van der Waals surface area contributed by atoms with Crippen molar-refractivity contribution in [2.75, 3.05) is 0 Å². The fourth-order valence-corrected chi connectivity index (χ4v) is 4.48. The normalized spacial score (nSPS) is 15.9. The lowest BCUT2D eigenvalue weighted by Crippen LogP contribution is -2.43. The SMILES string of the molecule is Cn1nnc(C(Cc2ccc(-c3ccccc3)cc2)NC(=O)C2(CC(=O)O)CCCC2)n1. The molecule has 0 aliphatic heterocycles. The molecule has 8 heteroatoms. The second kappa shape index (κ2) is 9.30. The molecule has 2 aromatic carbocycles. The average molecular weight is 434 g/mol. The van der Waals surface area contributed by atoms with Crippen molar-refractivity contribution in [1.82, 2.24) is 25.5 Å². The van der Waals surface area contributed by atoms with Crippen molar-refractivity contribution in [1.29, 1.82) is 0 Å². The van der Waals surface area contributed by atoms with Crippen LogP contribution in [0.1, 0.15) is 49.5 Å². The van der Waals surface area contributed by atoms with Crippen LogP contribution < -0.4 is 5.32 Å². The maximum absolute atomic E-state index is 13.3. The summed E-state index contributed by atoms with van der Waals surface area (Å²) in [5.74, 6) is -0.778. The summed E-state index contributed by atoms with van der Waals surface area (Å²) in [5, 5.41) is 24.8. The minimum atomic E-state index is -0.951. The predicted molar refractivity (Wildman–Crippen MR) is 118 cm³/mol. The molecule has 1 fully saturated rings. The van der Waals surface area contributed by atoms with Crippen LogP contribution in [0.15, 0.2) is 54.6 Å². The topological polar surface area (TPSA) is 110 Å². The van der Waals surface area contributed by atoms with Crippen LogP contribution in [0.4, 0.5) is 0 Å². The summed E-state index contributed by atoms with van der Waals surface area (Å²) in [4.78, 5) is 26.1. The molecule has 3 aromatic rings. The Bertz CT molecular complexity index is 1070. The highest BCUT2D eigenvalue weighted by molar-refractivity contribution is 5.87. The second-order valence-electron chi connectivity index (χ2n) is 8.49. The Labute approximate surface area is 186 Å². The molecule has 1 atom stereocenters. The van der Waals surface area contributed by atoms with Gasteiger partial charge in [0.05, 0.1) is 24.9 Å². The minimum Gasteiger partial charge on any atom is -0.481 e. The standard InChI is InChI=1S/C24H27N5O3/c1-29-27-22(26-28-29)20(25-23(32)24(16-21(30)31)13-5-6-14-24)15-17-9-11-19(12-10-17)18-7-3-2-4-8-18/h2-4,7-12,20H,5-6,13-16H2,1H3,(H,25,32)(H,30,31). The number of benzene rings is 2. The van der Waals surface area contributed by atoms with Crippen molar-refractivity contribution >= 4 is 11.9 Å². The lowest BCUT2D eigenvalue weighted by molar-refractivity contribution is -0.145. The van der Waals surface area contributed by atoms with Gasteiger partial charge >= 0.3 is 5.97 Å². The Morgan fingerprint density at radius 2 is 1.72 bits per heavy atom. The molecule has 1 saturated carbocycles. The molecule has 2 N–H and O–H groups in total. The number of tetrazole rings is 1. The summed E-state index contributed by atoms with van der Waals surface area (Å²) >= 11 is 0. The number of carboxylic acids is 1. The molecule has 4 rings (SSSR count). The Morgan fingerprint density at radius 3 is 2.31 bits per heavy atom. The zero-order chi connectivity index (χ0) is 22.6. The number of aliphatic carboxylic acids is 1. The number of amides is 1. The first kappa shape index (κ1) is 21.7. The third-order valence-corrected chi connectivity index (χ3v) is 6.17. The van der Waals surface area contributed by atoms with E-state index in [0.29, 0.717) is 25.1 Å². The summed E-state index contributed by atoms with van der Waals surface area (Å²) in [6.07, 6.45) is 3.20. The number of carbonyl (C=O) groups excluding carboxylic acids is 1.